The van der Waals surface area contributed by atoms with Gasteiger partial charge in [-0.15, -0.1) is 5.10 Å². The van der Waals surface area contributed by atoms with E-state index in [-0.39, 0.29) is 23.9 Å². The van der Waals surface area contributed by atoms with Gasteiger partial charge in [0.15, 0.2) is 0 Å². The molecule has 34 heavy (non-hydrogen) atoms. The number of ether oxygens (including phenoxy) is 1. The molecule has 1 saturated heterocycles. The summed E-state index contributed by atoms with van der Waals surface area (Å²) in [6, 6.07) is 6.56. The number of hydrogen-bond donors (Lipinski definition) is 1. The molecule has 4 heterocycles. The van der Waals surface area contributed by atoms with E-state index in [1.54, 1.807) is 12.1 Å². The molecule has 1 amide bonds. The van der Waals surface area contributed by atoms with Crippen LogP contribution in [0.15, 0.2) is 28.8 Å². The Morgan fingerprint density at radius 2 is 1.97 bits per heavy atom. The fraction of sp³-hybridized carbons (Fsp3) is 0.500. The summed E-state index contributed by atoms with van der Waals surface area (Å²) in [7, 11) is 0. The van der Waals surface area contributed by atoms with Crippen LogP contribution >= 0.6 is 0 Å². The van der Waals surface area contributed by atoms with Crippen molar-refractivity contribution in [2.24, 2.45) is 0 Å². The molecule has 0 bridgehead atoms. The molecule has 2 aliphatic rings. The van der Waals surface area contributed by atoms with Crippen LogP contribution in [0.1, 0.15) is 52.9 Å². The number of nitrogens with zero attached hydrogens (tertiary/aromatic N) is 5. The minimum absolute atomic E-state index is 0.00748. The van der Waals surface area contributed by atoms with Gasteiger partial charge in [-0.1, -0.05) is 22.5 Å². The Bertz CT molecular complexity index is 1130. The maximum absolute atomic E-state index is 13.2. The minimum Gasteiger partial charge on any atom is -0.365 e. The lowest BCUT2D eigenvalue weighted by atomic mass is 10.0. The first-order valence-corrected chi connectivity index (χ1v) is 11.7. The van der Waals surface area contributed by atoms with Gasteiger partial charge >= 0.3 is 0 Å². The Balaban J connectivity index is 1.11. The molecule has 3 aromatic rings. The predicted molar refractivity (Wildman–Crippen MR) is 120 cm³/mol. The van der Waals surface area contributed by atoms with Crippen LogP contribution in [0.5, 0.6) is 0 Å². The summed E-state index contributed by atoms with van der Waals surface area (Å²) < 4.78 is 26.3. The zero-order valence-electron chi connectivity index (χ0n) is 19.5. The normalized spacial score (nSPS) is 19.2. The van der Waals surface area contributed by atoms with Crippen molar-refractivity contribution in [2.75, 3.05) is 13.1 Å². The number of piperidine rings is 1. The van der Waals surface area contributed by atoms with Crippen molar-refractivity contribution in [3.63, 3.8) is 0 Å². The Morgan fingerprint density at radius 1 is 1.21 bits per heavy atom. The van der Waals surface area contributed by atoms with E-state index in [2.05, 4.69) is 25.7 Å². The monoisotopic (exact) mass is 468 g/mol. The first-order valence-electron chi connectivity index (χ1n) is 11.7. The highest BCUT2D eigenvalue weighted by atomic mass is 19.1. The number of carbonyl (C=O) groups excluding carboxylic acids is 1. The van der Waals surface area contributed by atoms with Gasteiger partial charge in [-0.25, -0.2) is 9.07 Å². The number of nitrogens with one attached hydrogen (secondary N) is 1. The topological polar surface area (TPSA) is 98.3 Å². The average Bonchev–Trinajstić information content (AvgIpc) is 3.38. The summed E-state index contributed by atoms with van der Waals surface area (Å²) in [4.78, 5) is 14.8. The SMILES string of the molecule is Cc1noc(C)c1CC(=O)NC1CCN(Cc2nnn3c2CO[C@H](c2ccc(F)cc2)C3)CC1. The van der Waals surface area contributed by atoms with Gasteiger partial charge in [0, 0.05) is 31.2 Å². The van der Waals surface area contributed by atoms with Crippen LogP contribution < -0.4 is 5.32 Å². The van der Waals surface area contributed by atoms with Crippen molar-refractivity contribution in [2.45, 2.75) is 65.0 Å². The number of amides is 1. The maximum Gasteiger partial charge on any atom is 0.224 e. The number of rotatable bonds is 6. The van der Waals surface area contributed by atoms with Crippen LogP contribution in [0.2, 0.25) is 0 Å². The highest BCUT2D eigenvalue weighted by Crippen LogP contribution is 2.28. The van der Waals surface area contributed by atoms with Gasteiger partial charge in [0.2, 0.25) is 5.91 Å². The van der Waals surface area contributed by atoms with E-state index in [4.69, 9.17) is 9.26 Å². The lowest BCUT2D eigenvalue weighted by Gasteiger charge is -2.32. The first kappa shape index (κ1) is 22.7. The fourth-order valence-corrected chi connectivity index (χ4v) is 4.71. The van der Waals surface area contributed by atoms with Gasteiger partial charge in [-0.3, -0.25) is 9.69 Å². The number of fused-ring (bicyclic) bond motifs is 1. The number of aromatic nitrogens is 4. The summed E-state index contributed by atoms with van der Waals surface area (Å²) in [6.45, 7) is 7.14. The van der Waals surface area contributed by atoms with Crippen molar-refractivity contribution in [1.29, 1.82) is 0 Å². The Kier molecular flexibility index (Phi) is 6.42. The Morgan fingerprint density at radius 3 is 2.68 bits per heavy atom. The molecule has 0 saturated carbocycles. The lowest BCUT2D eigenvalue weighted by Crippen LogP contribution is -2.45. The quantitative estimate of drug-likeness (QED) is 0.594. The van der Waals surface area contributed by atoms with Crippen molar-refractivity contribution in [3.05, 3.63) is 64.1 Å². The lowest BCUT2D eigenvalue weighted by molar-refractivity contribution is -0.121. The van der Waals surface area contributed by atoms with Gasteiger partial charge in [0.25, 0.3) is 0 Å². The van der Waals surface area contributed by atoms with Crippen LogP contribution in [0.25, 0.3) is 0 Å². The van der Waals surface area contributed by atoms with Gasteiger partial charge in [0.05, 0.1) is 31.0 Å². The summed E-state index contributed by atoms with van der Waals surface area (Å²) >= 11 is 0. The molecule has 5 rings (SSSR count). The maximum atomic E-state index is 13.2. The molecule has 0 unspecified atom stereocenters. The second-order valence-electron chi connectivity index (χ2n) is 9.11. The summed E-state index contributed by atoms with van der Waals surface area (Å²) in [5, 5.41) is 15.8. The molecule has 1 atom stereocenters. The average molecular weight is 469 g/mol. The number of likely N-dealkylation sites (tertiary alicyclic amines) is 1. The number of halogens is 1. The molecule has 0 aliphatic carbocycles. The van der Waals surface area contributed by atoms with E-state index in [1.807, 2.05) is 18.5 Å². The molecule has 2 aliphatic heterocycles. The Hall–Kier alpha value is -3.11. The molecule has 1 N–H and O–H groups in total. The fourth-order valence-electron chi connectivity index (χ4n) is 4.71. The minimum atomic E-state index is -0.257. The predicted octanol–water partition coefficient (Wildman–Crippen LogP) is 2.62. The van der Waals surface area contributed by atoms with Gasteiger partial charge in [-0.05, 0) is 44.4 Å². The van der Waals surface area contributed by atoms with Crippen LogP contribution in [-0.2, 0) is 35.6 Å². The third kappa shape index (κ3) is 4.88. The second kappa shape index (κ2) is 9.63. The van der Waals surface area contributed by atoms with Gasteiger partial charge < -0.3 is 14.6 Å². The second-order valence-corrected chi connectivity index (χ2v) is 9.11. The molecule has 1 aromatic carbocycles. The molecule has 9 nitrogen and oxygen atoms in total. The summed E-state index contributed by atoms with van der Waals surface area (Å²) in [5.74, 6) is 0.451. The third-order valence-electron chi connectivity index (χ3n) is 6.76. The smallest absolute Gasteiger partial charge is 0.224 e. The molecule has 0 radical (unpaired) electrons. The van der Waals surface area contributed by atoms with Crippen LogP contribution in [0.4, 0.5) is 4.39 Å². The van der Waals surface area contributed by atoms with Gasteiger partial charge in [-0.2, -0.15) is 0 Å². The summed E-state index contributed by atoms with van der Waals surface area (Å²) in [6.07, 6.45) is 1.92. The number of aryl methyl sites for hydroxylation is 2. The molecular weight excluding hydrogens is 439 g/mol. The van der Waals surface area contributed by atoms with Crippen LogP contribution in [-0.4, -0.2) is 50.1 Å². The Labute approximate surface area is 197 Å². The highest BCUT2D eigenvalue weighted by Gasteiger charge is 2.27. The third-order valence-corrected chi connectivity index (χ3v) is 6.76. The molecule has 10 heteroatoms. The van der Waals surface area contributed by atoms with Crippen molar-refractivity contribution in [3.8, 4) is 0 Å². The van der Waals surface area contributed by atoms with Crippen molar-refractivity contribution in [1.82, 2.24) is 30.4 Å². The van der Waals surface area contributed by atoms with E-state index >= 15 is 0 Å². The van der Waals surface area contributed by atoms with E-state index < -0.39 is 0 Å². The number of benzene rings is 1. The molecule has 0 spiro atoms. The number of carbonyl (C=O) groups is 1. The summed E-state index contributed by atoms with van der Waals surface area (Å²) in [5.41, 5.74) is 4.50. The number of hydrogen-bond acceptors (Lipinski definition) is 7. The zero-order valence-corrected chi connectivity index (χ0v) is 19.5. The van der Waals surface area contributed by atoms with E-state index in [0.29, 0.717) is 31.9 Å². The molecular formula is C24H29FN6O3. The van der Waals surface area contributed by atoms with Gasteiger partial charge in [0.1, 0.15) is 23.4 Å². The molecule has 180 valence electrons. The largest absolute Gasteiger partial charge is 0.365 e. The van der Waals surface area contributed by atoms with Crippen molar-refractivity contribution >= 4 is 5.91 Å². The van der Waals surface area contributed by atoms with E-state index in [0.717, 1.165) is 54.1 Å². The standard InChI is InChI=1S/C24H29FN6O3/c1-15-20(16(2)34-28-15)11-24(32)26-19-7-9-30(10-8-19)12-21-22-14-33-23(13-31(22)29-27-21)17-3-5-18(25)6-4-17/h3-6,19,23H,7-14H2,1-2H3,(H,26,32)/t23-/m0/s1. The molecule has 1 fully saturated rings. The zero-order chi connectivity index (χ0) is 23.7. The highest BCUT2D eigenvalue weighted by molar-refractivity contribution is 5.79. The van der Waals surface area contributed by atoms with Crippen LogP contribution in [0.3, 0.4) is 0 Å². The van der Waals surface area contributed by atoms with E-state index in [1.165, 1.54) is 12.1 Å². The van der Waals surface area contributed by atoms with Crippen molar-refractivity contribution < 1.29 is 18.4 Å². The first-order chi connectivity index (χ1) is 16.5. The molecule has 2 aromatic heterocycles. The van der Waals surface area contributed by atoms with E-state index in [9.17, 15) is 9.18 Å². The van der Waals surface area contributed by atoms with Crippen LogP contribution in [0, 0.1) is 19.7 Å².